The van der Waals surface area contributed by atoms with E-state index in [2.05, 4.69) is 31.7 Å². The van der Waals surface area contributed by atoms with Gasteiger partial charge in [-0.3, -0.25) is 4.98 Å². The maximum atomic E-state index is 13.5. The lowest BCUT2D eigenvalue weighted by molar-refractivity contribution is 0.0552. The highest BCUT2D eigenvalue weighted by Crippen LogP contribution is 2.52. The van der Waals surface area contributed by atoms with Gasteiger partial charge in [-0.15, -0.1) is 5.10 Å². The predicted molar refractivity (Wildman–Crippen MR) is 168 cm³/mol. The highest BCUT2D eigenvalue weighted by Gasteiger charge is 2.47. The molecule has 1 aliphatic heterocycles. The van der Waals surface area contributed by atoms with E-state index in [0.717, 1.165) is 46.4 Å². The molecule has 13 heteroatoms. The van der Waals surface area contributed by atoms with E-state index in [9.17, 15) is 16.8 Å². The van der Waals surface area contributed by atoms with Crippen molar-refractivity contribution in [2.24, 2.45) is 13.0 Å². The quantitative estimate of drug-likeness (QED) is 0.246. The van der Waals surface area contributed by atoms with Crippen LogP contribution in [0.3, 0.4) is 0 Å². The molecule has 7 rings (SSSR count). The highest BCUT2D eigenvalue weighted by atomic mass is 32.2. The number of rotatable bonds is 8. The van der Waals surface area contributed by atoms with Gasteiger partial charge in [0, 0.05) is 43.7 Å². The average Bonchev–Trinajstić information content (AvgIpc) is 3.59. The normalized spacial score (nSPS) is 17.9. The van der Waals surface area contributed by atoms with Gasteiger partial charge in [-0.25, -0.2) is 26.2 Å². The van der Waals surface area contributed by atoms with Crippen LogP contribution in [-0.2, 0) is 38.1 Å². The fourth-order valence-corrected chi connectivity index (χ4v) is 8.59. The first kappa shape index (κ1) is 29.1. The van der Waals surface area contributed by atoms with Crippen LogP contribution in [0.15, 0.2) is 59.6 Å². The SMILES string of the molecule is Cc1nnn(C)c1-c1cnc2c3c(C4(N[SH](=O)=O)CC4)ccc(S(C)(=O)=O)c3n([C@H](c3ccccc3)C3CCOCC3)c2c1. The van der Waals surface area contributed by atoms with Crippen molar-refractivity contribution in [1.82, 2.24) is 29.3 Å². The molecule has 0 bridgehead atoms. The lowest BCUT2D eigenvalue weighted by Gasteiger charge is -2.33. The Kier molecular flexibility index (Phi) is 7.11. The van der Waals surface area contributed by atoms with E-state index in [1.165, 1.54) is 6.26 Å². The lowest BCUT2D eigenvalue weighted by Crippen LogP contribution is -2.28. The second kappa shape index (κ2) is 10.8. The molecule has 4 heterocycles. The molecule has 0 unspecified atom stereocenters. The molecular weight excluding hydrogens is 601 g/mol. The van der Waals surface area contributed by atoms with Crippen molar-refractivity contribution in [3.05, 3.63) is 71.5 Å². The summed E-state index contributed by atoms with van der Waals surface area (Å²) in [4.78, 5) is 5.19. The number of pyridine rings is 1. The van der Waals surface area contributed by atoms with Crippen molar-refractivity contribution in [2.45, 2.75) is 49.1 Å². The Morgan fingerprint density at radius 3 is 2.43 bits per heavy atom. The van der Waals surface area contributed by atoms with Crippen molar-refractivity contribution in [1.29, 1.82) is 0 Å². The molecule has 1 N–H and O–H groups in total. The van der Waals surface area contributed by atoms with Crippen LogP contribution in [0.25, 0.3) is 33.2 Å². The summed E-state index contributed by atoms with van der Waals surface area (Å²) in [7, 11) is -4.78. The Morgan fingerprint density at radius 1 is 1.09 bits per heavy atom. The first-order valence-corrected chi connectivity index (χ1v) is 17.7. The van der Waals surface area contributed by atoms with E-state index >= 15 is 0 Å². The third-order valence-electron chi connectivity index (χ3n) is 9.12. The van der Waals surface area contributed by atoms with Crippen LogP contribution in [0.2, 0.25) is 0 Å². The van der Waals surface area contributed by atoms with Gasteiger partial charge in [0.2, 0.25) is 10.9 Å². The molecule has 2 aromatic carbocycles. The second-order valence-electron chi connectivity index (χ2n) is 12.0. The lowest BCUT2D eigenvalue weighted by atomic mass is 9.86. The number of aromatic nitrogens is 5. The van der Waals surface area contributed by atoms with E-state index in [-0.39, 0.29) is 16.9 Å². The van der Waals surface area contributed by atoms with E-state index in [4.69, 9.17) is 9.72 Å². The Balaban J connectivity index is 1.66. The summed E-state index contributed by atoms with van der Waals surface area (Å²) in [5.74, 6) is 0.147. The number of hydrogen-bond donors (Lipinski definition) is 2. The van der Waals surface area contributed by atoms with Crippen molar-refractivity contribution >= 4 is 42.7 Å². The van der Waals surface area contributed by atoms with Gasteiger partial charge in [0.05, 0.1) is 44.4 Å². The minimum atomic E-state index is -3.71. The number of benzene rings is 2. The number of ether oxygens (including phenoxy) is 1. The molecule has 2 fully saturated rings. The second-order valence-corrected chi connectivity index (χ2v) is 14.7. The predicted octanol–water partition coefficient (Wildman–Crippen LogP) is 3.82. The zero-order valence-corrected chi connectivity index (χ0v) is 26.4. The van der Waals surface area contributed by atoms with Crippen molar-refractivity contribution in [3.63, 3.8) is 0 Å². The van der Waals surface area contributed by atoms with Crippen LogP contribution in [-0.4, -0.2) is 60.9 Å². The van der Waals surface area contributed by atoms with Gasteiger partial charge in [0.25, 0.3) is 0 Å². The number of aryl methyl sites for hydroxylation is 2. The number of hydrogen-bond acceptors (Lipinski definition) is 8. The van der Waals surface area contributed by atoms with Crippen LogP contribution in [0.4, 0.5) is 0 Å². The van der Waals surface area contributed by atoms with Crippen LogP contribution in [0.1, 0.15) is 48.5 Å². The number of fused-ring (bicyclic) bond motifs is 3. The molecule has 1 atom stereocenters. The van der Waals surface area contributed by atoms with Gasteiger partial charge in [-0.05, 0) is 61.8 Å². The molecule has 11 nitrogen and oxygen atoms in total. The maximum absolute atomic E-state index is 13.5. The zero-order chi connectivity index (χ0) is 30.8. The number of nitrogens with one attached hydrogen (secondary N) is 1. The van der Waals surface area contributed by atoms with Crippen LogP contribution in [0.5, 0.6) is 0 Å². The molecule has 230 valence electrons. The van der Waals surface area contributed by atoms with Gasteiger partial charge in [0.1, 0.15) is 0 Å². The maximum Gasteiger partial charge on any atom is 0.202 e. The molecule has 1 saturated heterocycles. The first-order valence-electron chi connectivity index (χ1n) is 14.7. The monoisotopic (exact) mass is 634 g/mol. The summed E-state index contributed by atoms with van der Waals surface area (Å²) < 4.78 is 63.4. The summed E-state index contributed by atoms with van der Waals surface area (Å²) in [6.07, 6.45) is 5.80. The topological polar surface area (TPSA) is 138 Å². The fraction of sp³-hybridized carbons (Fsp3) is 0.387. The molecule has 0 spiro atoms. The largest absolute Gasteiger partial charge is 0.381 e. The van der Waals surface area contributed by atoms with E-state index in [1.807, 2.05) is 38.2 Å². The fourth-order valence-electron chi connectivity index (χ4n) is 7.03. The number of thiol groups is 1. The minimum absolute atomic E-state index is 0.147. The van der Waals surface area contributed by atoms with E-state index in [1.54, 1.807) is 23.0 Å². The molecule has 2 aliphatic rings. The van der Waals surface area contributed by atoms with Crippen molar-refractivity contribution in [3.8, 4) is 11.3 Å². The van der Waals surface area contributed by atoms with Gasteiger partial charge in [-0.1, -0.05) is 41.6 Å². The zero-order valence-electron chi connectivity index (χ0n) is 24.7. The van der Waals surface area contributed by atoms with E-state index < -0.39 is 26.3 Å². The van der Waals surface area contributed by atoms with E-state index in [0.29, 0.717) is 42.5 Å². The molecule has 1 saturated carbocycles. The Bertz CT molecular complexity index is 2060. The number of nitrogens with zero attached hydrogens (tertiary/aromatic N) is 5. The van der Waals surface area contributed by atoms with Crippen LogP contribution in [0, 0.1) is 12.8 Å². The summed E-state index contributed by atoms with van der Waals surface area (Å²) >= 11 is 0. The highest BCUT2D eigenvalue weighted by molar-refractivity contribution is 7.91. The third kappa shape index (κ3) is 4.82. The molecule has 44 heavy (non-hydrogen) atoms. The molecule has 5 aromatic rings. The molecular formula is C31H34N6O5S2. The summed E-state index contributed by atoms with van der Waals surface area (Å²) in [6, 6.07) is 15.3. The average molecular weight is 635 g/mol. The van der Waals surface area contributed by atoms with Gasteiger partial charge in [0.15, 0.2) is 9.84 Å². The Labute approximate surface area is 257 Å². The van der Waals surface area contributed by atoms with Crippen molar-refractivity contribution in [2.75, 3.05) is 19.5 Å². The smallest absolute Gasteiger partial charge is 0.202 e. The summed E-state index contributed by atoms with van der Waals surface area (Å²) in [5.41, 5.74) is 5.26. The molecule has 0 radical (unpaired) electrons. The van der Waals surface area contributed by atoms with Gasteiger partial charge in [-0.2, -0.15) is 0 Å². The van der Waals surface area contributed by atoms with Crippen LogP contribution >= 0.6 is 0 Å². The van der Waals surface area contributed by atoms with Gasteiger partial charge < -0.3 is 9.30 Å². The van der Waals surface area contributed by atoms with Gasteiger partial charge >= 0.3 is 0 Å². The summed E-state index contributed by atoms with van der Waals surface area (Å²) in [5, 5.41) is 9.09. The third-order valence-corrected chi connectivity index (χ3v) is 10.9. The first-order chi connectivity index (χ1) is 21.1. The molecule has 1 aliphatic carbocycles. The summed E-state index contributed by atoms with van der Waals surface area (Å²) in [6.45, 7) is 3.12. The standard InChI is InChI=1S/C31H34N6O5S2/c1-19-28(36(2)35-33-19)22-17-24-27(32-18-22)26-23(31(13-14-31)34-43(38)39)9-10-25(44(3,40)41)30(26)37(24)29(20-7-5-4-6-8-20)21-11-15-42-16-12-21/h4-10,17-18,21,29,43H,11-16H2,1-3H3,(H,34,38,39)/t29-/m1/s1. The number of sulfone groups is 1. The molecule has 3 aromatic heterocycles. The van der Waals surface area contributed by atoms with Crippen LogP contribution < -0.4 is 4.72 Å². The Hall–Kier alpha value is -3.65. The van der Waals surface area contributed by atoms with Crippen molar-refractivity contribution < 1.29 is 21.6 Å². The Morgan fingerprint density at radius 2 is 1.82 bits per heavy atom. The molecule has 0 amide bonds. The minimum Gasteiger partial charge on any atom is -0.381 e.